The van der Waals surface area contributed by atoms with Crippen LogP contribution in [0, 0.1) is 12.8 Å². The number of imidazole rings is 1. The van der Waals surface area contributed by atoms with Crippen molar-refractivity contribution in [2.24, 2.45) is 5.92 Å². The maximum Gasteiger partial charge on any atom is 0.274 e. The van der Waals surface area contributed by atoms with Crippen LogP contribution >= 0.6 is 0 Å². The van der Waals surface area contributed by atoms with Crippen LogP contribution in [0.25, 0.3) is 11.5 Å². The number of hydrogen-bond donors (Lipinski definition) is 1. The molecule has 4 rings (SSSR count). The molecule has 4 heterocycles. The minimum absolute atomic E-state index is 0.0268. The number of aromatic nitrogens is 4. The third-order valence-corrected chi connectivity index (χ3v) is 4.64. The van der Waals surface area contributed by atoms with E-state index in [1.165, 1.54) is 0 Å². The fourth-order valence-electron chi connectivity index (χ4n) is 3.39. The van der Waals surface area contributed by atoms with Gasteiger partial charge in [-0.15, -0.1) is 0 Å². The molecule has 1 unspecified atom stereocenters. The van der Waals surface area contributed by atoms with Gasteiger partial charge in [0.25, 0.3) is 5.91 Å². The Kier molecular flexibility index (Phi) is 4.13. The average molecular weight is 339 g/mol. The molecule has 0 saturated carbocycles. The lowest BCUT2D eigenvalue weighted by atomic mass is 9.97. The Morgan fingerprint density at radius 2 is 2.36 bits per heavy atom. The Morgan fingerprint density at radius 1 is 1.44 bits per heavy atom. The molecule has 0 radical (unpaired) electrons. The maximum atomic E-state index is 12.8. The number of amides is 1. The van der Waals surface area contributed by atoms with E-state index >= 15 is 0 Å². The lowest BCUT2D eigenvalue weighted by Crippen LogP contribution is -2.41. The molecule has 7 heteroatoms. The second kappa shape index (κ2) is 6.58. The predicted octanol–water partition coefficient (Wildman–Crippen LogP) is 2.73. The molecule has 0 spiro atoms. The van der Waals surface area contributed by atoms with Gasteiger partial charge in [-0.3, -0.25) is 9.89 Å². The average Bonchev–Trinajstić information content (AvgIpc) is 3.35. The number of H-pyrrole nitrogens is 1. The standard InChI is InChI=1S/C18H21N5O2/c1-13-4-5-17(25-13)15-9-16(21-20-15)18(24)23-7-2-3-14(11-23)10-22-8-6-19-12-22/h4-6,8-9,12,14H,2-3,7,10-11H2,1H3,(H,20,21). The first kappa shape index (κ1) is 15.7. The molecule has 1 aliphatic heterocycles. The predicted molar refractivity (Wildman–Crippen MR) is 91.9 cm³/mol. The van der Waals surface area contributed by atoms with E-state index in [1.54, 1.807) is 12.3 Å². The largest absolute Gasteiger partial charge is 0.460 e. The van der Waals surface area contributed by atoms with Gasteiger partial charge in [0.05, 0.1) is 6.33 Å². The number of carbonyl (C=O) groups excluding carboxylic acids is 1. The highest BCUT2D eigenvalue weighted by atomic mass is 16.3. The number of likely N-dealkylation sites (tertiary alicyclic amines) is 1. The van der Waals surface area contributed by atoms with Gasteiger partial charge >= 0.3 is 0 Å². The summed E-state index contributed by atoms with van der Waals surface area (Å²) in [7, 11) is 0. The Hall–Kier alpha value is -2.83. The number of piperidine rings is 1. The number of carbonyl (C=O) groups is 1. The van der Waals surface area contributed by atoms with E-state index in [9.17, 15) is 4.79 Å². The number of rotatable bonds is 4. The molecule has 1 N–H and O–H groups in total. The first-order chi connectivity index (χ1) is 12.2. The summed E-state index contributed by atoms with van der Waals surface area (Å²) in [6, 6.07) is 5.53. The van der Waals surface area contributed by atoms with Crippen molar-refractivity contribution in [1.29, 1.82) is 0 Å². The molecule has 25 heavy (non-hydrogen) atoms. The van der Waals surface area contributed by atoms with Gasteiger partial charge in [0.2, 0.25) is 0 Å². The Bertz CT molecular complexity index is 849. The molecule has 0 aromatic carbocycles. The van der Waals surface area contributed by atoms with Gasteiger partial charge in [-0.25, -0.2) is 4.98 Å². The van der Waals surface area contributed by atoms with Crippen LogP contribution < -0.4 is 0 Å². The van der Waals surface area contributed by atoms with Crippen molar-refractivity contribution >= 4 is 5.91 Å². The quantitative estimate of drug-likeness (QED) is 0.792. The van der Waals surface area contributed by atoms with Gasteiger partial charge in [-0.05, 0) is 37.8 Å². The van der Waals surface area contributed by atoms with Crippen LogP contribution in [0.3, 0.4) is 0 Å². The number of furan rings is 1. The molecule has 0 aliphatic carbocycles. The van der Waals surface area contributed by atoms with E-state index in [0.717, 1.165) is 43.9 Å². The van der Waals surface area contributed by atoms with Crippen LogP contribution in [-0.4, -0.2) is 43.6 Å². The van der Waals surface area contributed by atoms with Crippen LogP contribution in [0.1, 0.15) is 29.1 Å². The lowest BCUT2D eigenvalue weighted by Gasteiger charge is -2.32. The molecule has 1 atom stereocenters. The van der Waals surface area contributed by atoms with E-state index < -0.39 is 0 Å². The van der Waals surface area contributed by atoms with E-state index in [0.29, 0.717) is 17.4 Å². The van der Waals surface area contributed by atoms with Gasteiger partial charge in [-0.1, -0.05) is 0 Å². The van der Waals surface area contributed by atoms with Crippen molar-refractivity contribution in [2.75, 3.05) is 13.1 Å². The number of nitrogens with zero attached hydrogens (tertiary/aromatic N) is 4. The molecule has 3 aromatic rings. The van der Waals surface area contributed by atoms with Crippen molar-refractivity contribution in [3.05, 3.63) is 48.4 Å². The highest BCUT2D eigenvalue weighted by Crippen LogP contribution is 2.23. The minimum atomic E-state index is -0.0268. The summed E-state index contributed by atoms with van der Waals surface area (Å²) in [4.78, 5) is 18.8. The summed E-state index contributed by atoms with van der Waals surface area (Å²) >= 11 is 0. The molecule has 1 fully saturated rings. The highest BCUT2D eigenvalue weighted by Gasteiger charge is 2.26. The molecular formula is C18H21N5O2. The van der Waals surface area contributed by atoms with Crippen LogP contribution in [-0.2, 0) is 6.54 Å². The molecule has 130 valence electrons. The third-order valence-electron chi connectivity index (χ3n) is 4.64. The molecule has 3 aromatic heterocycles. The van der Waals surface area contributed by atoms with Crippen molar-refractivity contribution in [1.82, 2.24) is 24.6 Å². The van der Waals surface area contributed by atoms with Crippen molar-refractivity contribution in [3.8, 4) is 11.5 Å². The van der Waals surface area contributed by atoms with E-state index in [-0.39, 0.29) is 5.91 Å². The van der Waals surface area contributed by atoms with Crippen LogP contribution in [0.4, 0.5) is 0 Å². The Balaban J connectivity index is 1.44. The van der Waals surface area contributed by atoms with Gasteiger partial charge in [0.15, 0.2) is 11.5 Å². The van der Waals surface area contributed by atoms with Gasteiger partial charge in [-0.2, -0.15) is 5.10 Å². The van der Waals surface area contributed by atoms with Crippen LogP contribution in [0.15, 0.2) is 41.3 Å². The second-order valence-electron chi connectivity index (χ2n) is 6.60. The van der Waals surface area contributed by atoms with Gasteiger partial charge < -0.3 is 13.9 Å². The van der Waals surface area contributed by atoms with E-state index in [4.69, 9.17) is 4.42 Å². The highest BCUT2D eigenvalue weighted by molar-refractivity contribution is 5.93. The lowest BCUT2D eigenvalue weighted by molar-refractivity contribution is 0.0656. The first-order valence-electron chi connectivity index (χ1n) is 8.56. The third kappa shape index (κ3) is 3.35. The molecule has 1 saturated heterocycles. The number of hydrogen-bond acceptors (Lipinski definition) is 4. The SMILES string of the molecule is Cc1ccc(-c2cc(C(=O)N3CCCC(Cn4ccnc4)C3)n[nH]2)o1. The molecule has 1 amide bonds. The van der Waals surface area contributed by atoms with Crippen molar-refractivity contribution < 1.29 is 9.21 Å². The smallest absolute Gasteiger partial charge is 0.274 e. The first-order valence-corrected chi connectivity index (χ1v) is 8.56. The zero-order valence-corrected chi connectivity index (χ0v) is 14.2. The summed E-state index contributed by atoms with van der Waals surface area (Å²) in [5.74, 6) is 1.94. The molecular weight excluding hydrogens is 318 g/mol. The zero-order valence-electron chi connectivity index (χ0n) is 14.2. The summed E-state index contributed by atoms with van der Waals surface area (Å²) in [6.07, 6.45) is 7.71. The van der Waals surface area contributed by atoms with Crippen LogP contribution in [0.2, 0.25) is 0 Å². The zero-order chi connectivity index (χ0) is 17.2. The van der Waals surface area contributed by atoms with Crippen molar-refractivity contribution in [2.45, 2.75) is 26.3 Å². The monoisotopic (exact) mass is 339 g/mol. The number of aryl methyl sites for hydroxylation is 1. The second-order valence-corrected chi connectivity index (χ2v) is 6.60. The van der Waals surface area contributed by atoms with Crippen LogP contribution in [0.5, 0.6) is 0 Å². The number of aromatic amines is 1. The molecule has 1 aliphatic rings. The van der Waals surface area contributed by atoms with Gasteiger partial charge in [0, 0.05) is 38.1 Å². The Labute approximate surface area is 145 Å². The Morgan fingerprint density at radius 3 is 3.12 bits per heavy atom. The maximum absolute atomic E-state index is 12.8. The van der Waals surface area contributed by atoms with E-state index in [1.807, 2.05) is 36.5 Å². The van der Waals surface area contributed by atoms with E-state index in [2.05, 4.69) is 19.7 Å². The fourth-order valence-corrected chi connectivity index (χ4v) is 3.39. The molecule has 7 nitrogen and oxygen atoms in total. The normalized spacial score (nSPS) is 17.8. The van der Waals surface area contributed by atoms with Crippen molar-refractivity contribution in [3.63, 3.8) is 0 Å². The summed E-state index contributed by atoms with van der Waals surface area (Å²) in [5.41, 5.74) is 1.16. The topological polar surface area (TPSA) is 80.0 Å². The number of nitrogens with one attached hydrogen (secondary N) is 1. The minimum Gasteiger partial charge on any atom is -0.460 e. The molecule has 0 bridgehead atoms. The fraction of sp³-hybridized carbons (Fsp3) is 0.389. The summed E-state index contributed by atoms with van der Waals surface area (Å²) < 4.78 is 7.65. The van der Waals surface area contributed by atoms with Gasteiger partial charge in [0.1, 0.15) is 11.5 Å². The summed E-state index contributed by atoms with van der Waals surface area (Å²) in [5, 5.41) is 7.09. The summed E-state index contributed by atoms with van der Waals surface area (Å²) in [6.45, 7) is 4.31.